The third kappa shape index (κ3) is 3.43. The number of aromatic nitrogens is 2. The summed E-state index contributed by atoms with van der Waals surface area (Å²) in [5.41, 5.74) is 0.842. The molecule has 0 aliphatic rings. The molecule has 8 heteroatoms. The summed E-state index contributed by atoms with van der Waals surface area (Å²) in [4.78, 5) is 30.3. The lowest BCUT2D eigenvalue weighted by molar-refractivity contribution is 0.101. The van der Waals surface area contributed by atoms with Gasteiger partial charge in [0.1, 0.15) is 17.2 Å². The van der Waals surface area contributed by atoms with Crippen molar-refractivity contribution in [2.45, 2.75) is 20.4 Å². The fourth-order valence-corrected chi connectivity index (χ4v) is 3.93. The minimum Gasteiger partial charge on any atom is -0.494 e. The standard InChI is InChI=1S/C23H16BrN3O4/c1-12-17(9-25)22(29)27(11-14-4-3-7-26-10-14)23(30)19(12)20(28)21-13(2)16-8-15(24)5-6-18(16)31-21/h3-8,10,30H,11H2,1-2H3. The number of pyridine rings is 2. The maximum absolute atomic E-state index is 13.4. The van der Waals surface area contributed by atoms with Gasteiger partial charge in [0, 0.05) is 27.8 Å². The first kappa shape index (κ1) is 20.6. The number of fused-ring (bicyclic) bond motifs is 1. The van der Waals surface area contributed by atoms with Crippen LogP contribution in [-0.4, -0.2) is 20.4 Å². The summed E-state index contributed by atoms with van der Waals surface area (Å²) in [6.07, 6.45) is 3.13. The van der Waals surface area contributed by atoms with Crippen LogP contribution >= 0.6 is 15.9 Å². The van der Waals surface area contributed by atoms with Crippen molar-refractivity contribution in [3.63, 3.8) is 0 Å². The highest BCUT2D eigenvalue weighted by Gasteiger charge is 2.28. The smallest absolute Gasteiger partial charge is 0.271 e. The van der Waals surface area contributed by atoms with Gasteiger partial charge in [-0.1, -0.05) is 22.0 Å². The van der Waals surface area contributed by atoms with Crippen LogP contribution in [0, 0.1) is 25.2 Å². The summed E-state index contributed by atoms with van der Waals surface area (Å²) in [6.45, 7) is 3.17. The van der Waals surface area contributed by atoms with E-state index in [9.17, 15) is 20.0 Å². The molecule has 0 saturated carbocycles. The number of hydrogen-bond donors (Lipinski definition) is 1. The van der Waals surface area contributed by atoms with Gasteiger partial charge in [-0.2, -0.15) is 5.26 Å². The normalized spacial score (nSPS) is 10.9. The van der Waals surface area contributed by atoms with Crippen LogP contribution in [0.2, 0.25) is 0 Å². The highest BCUT2D eigenvalue weighted by atomic mass is 79.9. The molecule has 0 spiro atoms. The van der Waals surface area contributed by atoms with Crippen LogP contribution in [0.25, 0.3) is 11.0 Å². The summed E-state index contributed by atoms with van der Waals surface area (Å²) in [5.74, 6) is -1.07. The quantitative estimate of drug-likeness (QED) is 0.440. The number of ketones is 1. The van der Waals surface area contributed by atoms with Gasteiger partial charge in [-0.3, -0.25) is 19.1 Å². The average Bonchev–Trinajstić information content (AvgIpc) is 3.08. The second kappa shape index (κ2) is 7.85. The first-order valence-electron chi connectivity index (χ1n) is 9.32. The van der Waals surface area contributed by atoms with Crippen LogP contribution in [0.5, 0.6) is 5.88 Å². The average molecular weight is 478 g/mol. The molecule has 1 N–H and O–H groups in total. The zero-order chi connectivity index (χ0) is 22.3. The van der Waals surface area contributed by atoms with E-state index >= 15 is 0 Å². The summed E-state index contributed by atoms with van der Waals surface area (Å²) in [6, 6.07) is 10.7. The minimum absolute atomic E-state index is 0.0419. The maximum Gasteiger partial charge on any atom is 0.271 e. The topological polar surface area (TPSA) is 109 Å². The molecule has 154 valence electrons. The van der Waals surface area contributed by atoms with E-state index in [0.717, 1.165) is 14.4 Å². The van der Waals surface area contributed by atoms with Gasteiger partial charge in [0.2, 0.25) is 11.7 Å². The molecule has 0 fully saturated rings. The van der Waals surface area contributed by atoms with Crippen LogP contribution < -0.4 is 5.56 Å². The molecule has 1 aromatic carbocycles. The molecule has 0 amide bonds. The molecule has 0 atom stereocenters. The van der Waals surface area contributed by atoms with Crippen LogP contribution in [0.3, 0.4) is 0 Å². The minimum atomic E-state index is -0.678. The van der Waals surface area contributed by atoms with E-state index in [2.05, 4.69) is 20.9 Å². The molecular formula is C23H16BrN3O4. The predicted octanol–water partition coefficient (Wildman–Crippen LogP) is 4.23. The molecule has 4 rings (SSSR count). The van der Waals surface area contributed by atoms with Gasteiger partial charge in [0.15, 0.2) is 5.76 Å². The number of carbonyl (C=O) groups excluding carboxylic acids is 1. The Bertz CT molecular complexity index is 1450. The first-order chi connectivity index (χ1) is 14.8. The van der Waals surface area contributed by atoms with E-state index in [1.54, 1.807) is 43.6 Å². The third-order valence-corrected chi connectivity index (χ3v) is 5.69. The molecule has 3 heterocycles. The molecule has 0 bridgehead atoms. The lowest BCUT2D eigenvalue weighted by Crippen LogP contribution is -2.27. The van der Waals surface area contributed by atoms with Gasteiger partial charge in [-0.05, 0) is 49.2 Å². The van der Waals surface area contributed by atoms with Gasteiger partial charge >= 0.3 is 0 Å². The van der Waals surface area contributed by atoms with Gasteiger partial charge < -0.3 is 9.52 Å². The van der Waals surface area contributed by atoms with E-state index < -0.39 is 17.2 Å². The number of aromatic hydroxyl groups is 1. The van der Waals surface area contributed by atoms with E-state index in [0.29, 0.717) is 16.7 Å². The summed E-state index contributed by atoms with van der Waals surface area (Å²) in [5, 5.41) is 21.2. The van der Waals surface area contributed by atoms with Crippen LogP contribution in [-0.2, 0) is 6.54 Å². The fourth-order valence-electron chi connectivity index (χ4n) is 3.57. The Hall–Kier alpha value is -3.70. The van der Waals surface area contributed by atoms with Crippen LogP contribution in [0.4, 0.5) is 0 Å². The van der Waals surface area contributed by atoms with Crippen LogP contribution in [0.1, 0.15) is 38.4 Å². The second-order valence-corrected chi connectivity index (χ2v) is 8.00. The Kier molecular flexibility index (Phi) is 5.21. The first-order valence-corrected chi connectivity index (χ1v) is 10.1. The molecule has 0 radical (unpaired) electrons. The molecule has 0 saturated heterocycles. The number of nitriles is 1. The zero-order valence-electron chi connectivity index (χ0n) is 16.6. The highest BCUT2D eigenvalue weighted by Crippen LogP contribution is 2.32. The number of halogens is 1. The van der Waals surface area contributed by atoms with E-state index in [1.165, 1.54) is 6.92 Å². The number of hydrogen-bond acceptors (Lipinski definition) is 6. The Labute approximate surface area is 185 Å². The Balaban J connectivity index is 1.93. The third-order valence-electron chi connectivity index (χ3n) is 5.20. The molecule has 31 heavy (non-hydrogen) atoms. The van der Waals surface area contributed by atoms with Crippen molar-refractivity contribution in [2.24, 2.45) is 0 Å². The molecule has 0 aliphatic heterocycles. The maximum atomic E-state index is 13.4. The Morgan fingerprint density at radius 1 is 1.29 bits per heavy atom. The second-order valence-electron chi connectivity index (χ2n) is 7.09. The van der Waals surface area contributed by atoms with Gasteiger partial charge in [0.05, 0.1) is 12.1 Å². The monoisotopic (exact) mass is 477 g/mol. The summed E-state index contributed by atoms with van der Waals surface area (Å²) in [7, 11) is 0. The Morgan fingerprint density at radius 3 is 2.74 bits per heavy atom. The van der Waals surface area contributed by atoms with Gasteiger partial charge in [-0.15, -0.1) is 0 Å². The van der Waals surface area contributed by atoms with E-state index in [-0.39, 0.29) is 29.0 Å². The van der Waals surface area contributed by atoms with Crippen molar-refractivity contribution in [2.75, 3.05) is 0 Å². The predicted molar refractivity (Wildman–Crippen MR) is 117 cm³/mol. The molecule has 7 nitrogen and oxygen atoms in total. The lowest BCUT2D eigenvalue weighted by atomic mass is 9.98. The summed E-state index contributed by atoms with van der Waals surface area (Å²) >= 11 is 3.40. The number of carbonyl (C=O) groups is 1. The number of rotatable bonds is 4. The van der Waals surface area contributed by atoms with Crippen molar-refractivity contribution in [1.29, 1.82) is 5.26 Å². The highest BCUT2D eigenvalue weighted by molar-refractivity contribution is 9.10. The molecule has 0 unspecified atom stereocenters. The van der Waals surface area contributed by atoms with E-state index in [4.69, 9.17) is 4.42 Å². The fraction of sp³-hybridized carbons (Fsp3) is 0.130. The molecular weight excluding hydrogens is 462 g/mol. The largest absolute Gasteiger partial charge is 0.494 e. The van der Waals surface area contributed by atoms with Crippen molar-refractivity contribution < 1.29 is 14.3 Å². The van der Waals surface area contributed by atoms with Gasteiger partial charge in [-0.25, -0.2) is 0 Å². The number of nitrogens with zero attached hydrogens (tertiary/aromatic N) is 3. The van der Waals surface area contributed by atoms with Crippen molar-refractivity contribution in [1.82, 2.24) is 9.55 Å². The zero-order valence-corrected chi connectivity index (χ0v) is 18.2. The number of furan rings is 1. The SMILES string of the molecule is Cc1c(C(=O)c2oc3ccc(Br)cc3c2C)c(O)n(Cc2cccnc2)c(=O)c1C#N. The molecule has 3 aromatic heterocycles. The summed E-state index contributed by atoms with van der Waals surface area (Å²) < 4.78 is 7.62. The van der Waals surface area contributed by atoms with Crippen molar-refractivity contribution >= 4 is 32.7 Å². The number of benzene rings is 1. The van der Waals surface area contributed by atoms with Crippen LogP contribution in [0.15, 0.2) is 56.4 Å². The Morgan fingerprint density at radius 2 is 2.06 bits per heavy atom. The molecule has 0 aliphatic carbocycles. The number of aryl methyl sites for hydroxylation is 1. The van der Waals surface area contributed by atoms with E-state index in [1.807, 2.05) is 12.1 Å². The van der Waals surface area contributed by atoms with Crippen molar-refractivity contribution in [3.05, 3.63) is 91.1 Å². The van der Waals surface area contributed by atoms with Gasteiger partial charge in [0.25, 0.3) is 5.56 Å². The lowest BCUT2D eigenvalue weighted by Gasteiger charge is -2.15. The van der Waals surface area contributed by atoms with Crippen molar-refractivity contribution in [3.8, 4) is 11.9 Å². The molecule has 4 aromatic rings.